The van der Waals surface area contributed by atoms with Crippen molar-refractivity contribution in [2.75, 3.05) is 5.73 Å². The Morgan fingerprint density at radius 1 is 1.27 bits per heavy atom. The van der Waals surface area contributed by atoms with Crippen LogP contribution in [-0.2, 0) is 5.54 Å². The molecular weight excluding hydrogens is 188 g/mol. The first-order chi connectivity index (χ1) is 6.75. The van der Waals surface area contributed by atoms with Crippen LogP contribution >= 0.6 is 0 Å². The van der Waals surface area contributed by atoms with Crippen LogP contribution in [0.5, 0.6) is 0 Å². The Morgan fingerprint density at radius 2 is 1.80 bits per heavy atom. The Hall–Kier alpha value is -1.25. The van der Waals surface area contributed by atoms with Crippen LogP contribution in [-0.4, -0.2) is 4.57 Å². The third kappa shape index (κ3) is 2.22. The van der Waals surface area contributed by atoms with Gasteiger partial charge in [0.25, 0.3) is 5.56 Å². The van der Waals surface area contributed by atoms with E-state index in [0.29, 0.717) is 11.6 Å². The Morgan fingerprint density at radius 3 is 2.20 bits per heavy atom. The first-order valence-corrected chi connectivity index (χ1v) is 5.27. The molecule has 0 aromatic carbocycles. The molecule has 0 aliphatic carbocycles. The molecule has 1 heterocycles. The Balaban J connectivity index is 3.57. The van der Waals surface area contributed by atoms with E-state index in [0.717, 1.165) is 5.69 Å². The predicted molar refractivity (Wildman–Crippen MR) is 64.2 cm³/mol. The quantitative estimate of drug-likeness (QED) is 0.770. The zero-order chi connectivity index (χ0) is 11.8. The third-order valence-corrected chi connectivity index (χ3v) is 2.40. The highest BCUT2D eigenvalue weighted by Gasteiger charge is 2.20. The van der Waals surface area contributed by atoms with Crippen LogP contribution in [0.15, 0.2) is 16.9 Å². The number of anilines is 1. The van der Waals surface area contributed by atoms with Gasteiger partial charge in [-0.1, -0.05) is 13.8 Å². The van der Waals surface area contributed by atoms with Crippen molar-refractivity contribution in [3.05, 3.63) is 28.2 Å². The molecule has 0 saturated heterocycles. The molecule has 0 amide bonds. The largest absolute Gasteiger partial charge is 0.394 e. The van der Waals surface area contributed by atoms with E-state index >= 15 is 0 Å². The summed E-state index contributed by atoms with van der Waals surface area (Å²) in [6.07, 6.45) is 0. The van der Waals surface area contributed by atoms with Crippen LogP contribution in [0.2, 0.25) is 0 Å². The Labute approximate surface area is 90.9 Å². The molecule has 1 aromatic heterocycles. The number of nitrogens with two attached hydrogens (primary N) is 1. The minimum atomic E-state index is -0.230. The first-order valence-electron chi connectivity index (χ1n) is 5.27. The van der Waals surface area contributed by atoms with Crippen molar-refractivity contribution >= 4 is 5.69 Å². The summed E-state index contributed by atoms with van der Waals surface area (Å²) < 4.78 is 1.78. The molecule has 3 heteroatoms. The molecule has 0 fully saturated rings. The molecule has 0 radical (unpaired) electrons. The number of hydrogen-bond donors (Lipinski definition) is 1. The lowest BCUT2D eigenvalue weighted by atomic mass is 10.0. The van der Waals surface area contributed by atoms with E-state index in [4.69, 9.17) is 5.73 Å². The minimum absolute atomic E-state index is 0.0892. The molecule has 0 atom stereocenters. The smallest absolute Gasteiger partial charge is 0.274 e. The van der Waals surface area contributed by atoms with Gasteiger partial charge in [-0.15, -0.1) is 0 Å². The van der Waals surface area contributed by atoms with Gasteiger partial charge in [-0.2, -0.15) is 0 Å². The topological polar surface area (TPSA) is 48.0 Å². The number of nitrogen functional groups attached to an aromatic ring is 1. The molecule has 0 bridgehead atoms. The monoisotopic (exact) mass is 208 g/mol. The normalized spacial score (nSPS) is 12.1. The molecule has 1 rings (SSSR count). The number of nitrogens with zero attached hydrogens (tertiary/aromatic N) is 1. The van der Waals surface area contributed by atoms with Crippen molar-refractivity contribution in [3.63, 3.8) is 0 Å². The molecular formula is C12H20N2O. The molecule has 2 N–H and O–H groups in total. The maximum atomic E-state index is 12.0. The van der Waals surface area contributed by atoms with Crippen molar-refractivity contribution < 1.29 is 0 Å². The number of hydrogen-bond acceptors (Lipinski definition) is 2. The standard InChI is InChI=1S/C12H20N2O/c1-8(2)10-7-6-9(13)11(15)14(10)12(3,4)5/h6-8H,13H2,1-5H3. The number of aromatic nitrogens is 1. The van der Waals surface area contributed by atoms with E-state index in [-0.39, 0.29) is 11.1 Å². The van der Waals surface area contributed by atoms with E-state index < -0.39 is 0 Å². The number of rotatable bonds is 1. The van der Waals surface area contributed by atoms with E-state index in [2.05, 4.69) is 13.8 Å². The highest BCUT2D eigenvalue weighted by molar-refractivity contribution is 5.37. The highest BCUT2D eigenvalue weighted by Crippen LogP contribution is 2.21. The third-order valence-electron chi connectivity index (χ3n) is 2.40. The summed E-state index contributed by atoms with van der Waals surface area (Å²) in [7, 11) is 0. The van der Waals surface area contributed by atoms with E-state index in [1.165, 1.54) is 0 Å². The van der Waals surface area contributed by atoms with E-state index in [9.17, 15) is 4.79 Å². The molecule has 84 valence electrons. The SMILES string of the molecule is CC(C)c1ccc(N)c(=O)n1C(C)(C)C. The molecule has 0 aliphatic rings. The van der Waals surface area contributed by atoms with Crippen molar-refractivity contribution in [1.29, 1.82) is 0 Å². The molecule has 0 spiro atoms. The zero-order valence-corrected chi connectivity index (χ0v) is 10.2. The average Bonchev–Trinajstić information content (AvgIpc) is 2.06. The molecule has 0 saturated carbocycles. The lowest BCUT2D eigenvalue weighted by Crippen LogP contribution is -2.37. The zero-order valence-electron chi connectivity index (χ0n) is 10.2. The molecule has 0 aliphatic heterocycles. The molecule has 1 aromatic rings. The van der Waals surface area contributed by atoms with Crippen molar-refractivity contribution in [2.24, 2.45) is 0 Å². The first kappa shape index (κ1) is 11.8. The predicted octanol–water partition coefficient (Wildman–Crippen LogP) is 2.31. The van der Waals surface area contributed by atoms with Gasteiger partial charge in [-0.25, -0.2) is 0 Å². The fourth-order valence-corrected chi connectivity index (χ4v) is 1.71. The van der Waals surface area contributed by atoms with Crippen molar-refractivity contribution in [3.8, 4) is 0 Å². The van der Waals surface area contributed by atoms with Gasteiger partial charge in [0.05, 0.1) is 5.69 Å². The highest BCUT2D eigenvalue weighted by atomic mass is 16.1. The summed E-state index contributed by atoms with van der Waals surface area (Å²) in [5.74, 6) is 0.317. The van der Waals surface area contributed by atoms with Crippen molar-refractivity contribution in [1.82, 2.24) is 4.57 Å². The van der Waals surface area contributed by atoms with Crippen LogP contribution < -0.4 is 11.3 Å². The van der Waals surface area contributed by atoms with Gasteiger partial charge < -0.3 is 10.3 Å². The summed E-state index contributed by atoms with van der Waals surface area (Å²) in [5, 5.41) is 0. The fraction of sp³-hybridized carbons (Fsp3) is 0.583. The average molecular weight is 208 g/mol. The van der Waals surface area contributed by atoms with Gasteiger partial charge in [0.2, 0.25) is 0 Å². The second-order valence-corrected chi connectivity index (χ2v) is 5.18. The van der Waals surface area contributed by atoms with E-state index in [1.54, 1.807) is 10.6 Å². The van der Waals surface area contributed by atoms with Gasteiger partial charge in [-0.3, -0.25) is 4.79 Å². The Bertz CT molecular complexity index is 411. The minimum Gasteiger partial charge on any atom is -0.394 e. The van der Waals surface area contributed by atoms with Gasteiger partial charge >= 0.3 is 0 Å². The van der Waals surface area contributed by atoms with Crippen LogP contribution in [0.25, 0.3) is 0 Å². The summed E-state index contributed by atoms with van der Waals surface area (Å²) in [5.41, 5.74) is 6.68. The second kappa shape index (κ2) is 3.72. The van der Waals surface area contributed by atoms with Gasteiger partial charge in [0, 0.05) is 11.2 Å². The lowest BCUT2D eigenvalue weighted by Gasteiger charge is -2.28. The molecule has 0 unspecified atom stereocenters. The van der Waals surface area contributed by atoms with Gasteiger partial charge in [0.1, 0.15) is 0 Å². The van der Waals surface area contributed by atoms with E-state index in [1.807, 2.05) is 26.8 Å². The van der Waals surface area contributed by atoms with Gasteiger partial charge in [-0.05, 0) is 38.8 Å². The lowest BCUT2D eigenvalue weighted by molar-refractivity contribution is 0.366. The summed E-state index contributed by atoms with van der Waals surface area (Å²) >= 11 is 0. The van der Waals surface area contributed by atoms with Crippen LogP contribution in [0, 0.1) is 0 Å². The maximum Gasteiger partial charge on any atom is 0.274 e. The summed E-state index contributed by atoms with van der Waals surface area (Å²) in [4.78, 5) is 12.0. The molecule has 3 nitrogen and oxygen atoms in total. The van der Waals surface area contributed by atoms with Crippen LogP contribution in [0.4, 0.5) is 5.69 Å². The second-order valence-electron chi connectivity index (χ2n) is 5.18. The molecule has 15 heavy (non-hydrogen) atoms. The van der Waals surface area contributed by atoms with Crippen molar-refractivity contribution in [2.45, 2.75) is 46.1 Å². The Kier molecular flexibility index (Phi) is 2.93. The van der Waals surface area contributed by atoms with Crippen LogP contribution in [0.1, 0.15) is 46.2 Å². The van der Waals surface area contributed by atoms with Gasteiger partial charge in [0.15, 0.2) is 0 Å². The summed E-state index contributed by atoms with van der Waals surface area (Å²) in [6, 6.07) is 3.63. The van der Waals surface area contributed by atoms with Crippen LogP contribution in [0.3, 0.4) is 0 Å². The maximum absolute atomic E-state index is 12.0. The fourth-order valence-electron chi connectivity index (χ4n) is 1.71. The summed E-state index contributed by atoms with van der Waals surface area (Å²) in [6.45, 7) is 10.2. The number of pyridine rings is 1.